The SMILES string of the molecule is CCCCCCCC/C=C\CCCCCCCC(=O)OCC(CCCCCCCCCCCCCCCC)CCCCCCCCCCCCCCCCCC. The van der Waals surface area contributed by atoms with Gasteiger partial charge < -0.3 is 4.74 Å². The molecule has 2 heteroatoms. The van der Waals surface area contributed by atoms with Crippen molar-refractivity contribution in [2.75, 3.05) is 6.61 Å². The minimum atomic E-state index is 0.0561. The molecule has 2 nitrogen and oxygen atoms in total. The van der Waals surface area contributed by atoms with Gasteiger partial charge in [-0.15, -0.1) is 0 Å². The first-order chi connectivity index (χ1) is 27.7. The normalized spacial score (nSPS) is 12.3. The number of allylic oxidation sites excluding steroid dienone is 2. The number of esters is 1. The molecular weight excluding hydrogens is 681 g/mol. The Labute approximate surface area is 355 Å². The molecule has 334 valence electrons. The molecule has 0 rings (SSSR count). The first-order valence-electron chi connectivity index (χ1n) is 26.5. The van der Waals surface area contributed by atoms with E-state index in [1.165, 1.54) is 276 Å². The lowest BCUT2D eigenvalue weighted by Gasteiger charge is -2.17. The van der Waals surface area contributed by atoms with Crippen molar-refractivity contribution in [3.8, 4) is 0 Å². The van der Waals surface area contributed by atoms with Gasteiger partial charge in [0.25, 0.3) is 0 Å². The molecule has 1 atom stereocenters. The molecule has 0 aromatic rings. The molecule has 56 heavy (non-hydrogen) atoms. The number of hydrogen-bond acceptors (Lipinski definition) is 2. The molecular formula is C54H106O2. The molecule has 0 bridgehead atoms. The standard InChI is InChI=1S/C54H106O2/c1-4-7-10-13-16-19-22-25-28-30-32-35-38-41-44-47-50-53(49-46-43-40-37-34-31-27-24-21-18-15-12-9-6-3)52-56-54(55)51-48-45-42-39-36-33-29-26-23-20-17-14-11-8-5-2/h26,29,53H,4-25,27-28,30-52H2,1-3H3/b29-26-. The summed E-state index contributed by atoms with van der Waals surface area (Å²) >= 11 is 0. The van der Waals surface area contributed by atoms with Crippen LogP contribution < -0.4 is 0 Å². The van der Waals surface area contributed by atoms with Crippen LogP contribution in [0.2, 0.25) is 0 Å². The monoisotopic (exact) mass is 787 g/mol. The molecule has 0 fully saturated rings. The summed E-state index contributed by atoms with van der Waals surface area (Å²) in [6.45, 7) is 7.57. The fraction of sp³-hybridized carbons (Fsp3) is 0.944. The Hall–Kier alpha value is -0.790. The Kier molecular flexibility index (Phi) is 49.6. The summed E-state index contributed by atoms with van der Waals surface area (Å²) < 4.78 is 5.92. The van der Waals surface area contributed by atoms with Crippen LogP contribution in [0, 0.1) is 5.92 Å². The third kappa shape index (κ3) is 47.6. The van der Waals surface area contributed by atoms with Gasteiger partial charge in [0, 0.05) is 6.42 Å². The molecule has 0 radical (unpaired) electrons. The van der Waals surface area contributed by atoms with Gasteiger partial charge >= 0.3 is 5.97 Å². The van der Waals surface area contributed by atoms with Crippen LogP contribution in [0.25, 0.3) is 0 Å². The number of rotatable bonds is 49. The number of unbranched alkanes of at least 4 members (excludes halogenated alkanes) is 39. The minimum Gasteiger partial charge on any atom is -0.465 e. The number of hydrogen-bond donors (Lipinski definition) is 0. The summed E-state index contributed by atoms with van der Waals surface area (Å²) in [6, 6.07) is 0. The van der Waals surface area contributed by atoms with Crippen LogP contribution in [0.4, 0.5) is 0 Å². The Morgan fingerprint density at radius 3 is 0.893 bits per heavy atom. The van der Waals surface area contributed by atoms with Crippen molar-refractivity contribution in [2.45, 2.75) is 316 Å². The molecule has 0 amide bonds. The zero-order chi connectivity index (χ0) is 40.5. The lowest BCUT2D eigenvalue weighted by Crippen LogP contribution is -2.14. The second kappa shape index (κ2) is 50.4. The molecule has 0 N–H and O–H groups in total. The second-order valence-electron chi connectivity index (χ2n) is 18.4. The topological polar surface area (TPSA) is 26.3 Å². The molecule has 0 aliphatic carbocycles. The van der Waals surface area contributed by atoms with E-state index in [9.17, 15) is 4.79 Å². The van der Waals surface area contributed by atoms with Gasteiger partial charge in [-0.25, -0.2) is 0 Å². The van der Waals surface area contributed by atoms with E-state index in [0.717, 1.165) is 12.8 Å². The van der Waals surface area contributed by atoms with Crippen molar-refractivity contribution in [3.05, 3.63) is 12.2 Å². The summed E-state index contributed by atoms with van der Waals surface area (Å²) in [5, 5.41) is 0. The van der Waals surface area contributed by atoms with Crippen molar-refractivity contribution in [2.24, 2.45) is 5.92 Å². The highest BCUT2D eigenvalue weighted by atomic mass is 16.5. The van der Waals surface area contributed by atoms with E-state index in [1.807, 2.05) is 0 Å². The van der Waals surface area contributed by atoms with E-state index >= 15 is 0 Å². The van der Waals surface area contributed by atoms with Gasteiger partial charge in [0.2, 0.25) is 0 Å². The molecule has 0 aliphatic heterocycles. The van der Waals surface area contributed by atoms with Crippen molar-refractivity contribution >= 4 is 5.97 Å². The van der Waals surface area contributed by atoms with Gasteiger partial charge in [0.15, 0.2) is 0 Å². The summed E-state index contributed by atoms with van der Waals surface area (Å²) in [6.07, 6.45) is 67.2. The highest BCUT2D eigenvalue weighted by molar-refractivity contribution is 5.69. The summed E-state index contributed by atoms with van der Waals surface area (Å²) in [5.41, 5.74) is 0. The minimum absolute atomic E-state index is 0.0561. The van der Waals surface area contributed by atoms with Crippen molar-refractivity contribution in [3.63, 3.8) is 0 Å². The molecule has 1 unspecified atom stereocenters. The van der Waals surface area contributed by atoms with Crippen LogP contribution in [0.5, 0.6) is 0 Å². The summed E-state index contributed by atoms with van der Waals surface area (Å²) in [7, 11) is 0. The second-order valence-corrected chi connectivity index (χ2v) is 18.4. The highest BCUT2D eigenvalue weighted by Crippen LogP contribution is 2.22. The maximum Gasteiger partial charge on any atom is 0.305 e. The maximum absolute atomic E-state index is 12.7. The molecule has 0 aromatic heterocycles. The molecule has 0 saturated carbocycles. The van der Waals surface area contributed by atoms with Gasteiger partial charge in [-0.05, 0) is 50.9 Å². The zero-order valence-electron chi connectivity index (χ0n) is 39.3. The van der Waals surface area contributed by atoms with E-state index in [2.05, 4.69) is 32.9 Å². The first kappa shape index (κ1) is 55.2. The predicted octanol–water partition coefficient (Wildman–Crippen LogP) is 19.7. The summed E-state index contributed by atoms with van der Waals surface area (Å²) in [4.78, 5) is 12.7. The van der Waals surface area contributed by atoms with E-state index < -0.39 is 0 Å². The third-order valence-corrected chi connectivity index (χ3v) is 12.6. The average molecular weight is 787 g/mol. The smallest absolute Gasteiger partial charge is 0.305 e. The number of ether oxygens (including phenoxy) is 1. The third-order valence-electron chi connectivity index (χ3n) is 12.6. The highest BCUT2D eigenvalue weighted by Gasteiger charge is 2.12. The van der Waals surface area contributed by atoms with Crippen LogP contribution in [0.1, 0.15) is 316 Å². The van der Waals surface area contributed by atoms with Gasteiger partial charge in [0.05, 0.1) is 6.61 Å². The lowest BCUT2D eigenvalue weighted by molar-refractivity contribution is -0.145. The van der Waals surface area contributed by atoms with Gasteiger partial charge in [-0.2, -0.15) is 0 Å². The molecule has 0 aliphatic rings. The van der Waals surface area contributed by atoms with Crippen LogP contribution in [0.15, 0.2) is 12.2 Å². The Bertz CT molecular complexity index is 743. The van der Waals surface area contributed by atoms with Crippen molar-refractivity contribution < 1.29 is 9.53 Å². The Morgan fingerprint density at radius 2 is 0.589 bits per heavy atom. The van der Waals surface area contributed by atoms with Crippen molar-refractivity contribution in [1.29, 1.82) is 0 Å². The summed E-state index contributed by atoms with van der Waals surface area (Å²) in [5.74, 6) is 0.623. The fourth-order valence-corrected chi connectivity index (χ4v) is 8.54. The lowest BCUT2D eigenvalue weighted by atomic mass is 9.94. The Morgan fingerprint density at radius 1 is 0.339 bits per heavy atom. The van der Waals surface area contributed by atoms with Gasteiger partial charge in [-0.1, -0.05) is 277 Å². The zero-order valence-corrected chi connectivity index (χ0v) is 39.3. The molecule has 0 aromatic carbocycles. The maximum atomic E-state index is 12.7. The van der Waals surface area contributed by atoms with Crippen LogP contribution in [-0.2, 0) is 9.53 Å². The average Bonchev–Trinajstić information content (AvgIpc) is 3.20. The Balaban J connectivity index is 4.09. The van der Waals surface area contributed by atoms with Crippen LogP contribution in [0.3, 0.4) is 0 Å². The van der Waals surface area contributed by atoms with Crippen LogP contribution >= 0.6 is 0 Å². The van der Waals surface area contributed by atoms with E-state index in [-0.39, 0.29) is 5.97 Å². The first-order valence-corrected chi connectivity index (χ1v) is 26.5. The van der Waals surface area contributed by atoms with Gasteiger partial charge in [-0.3, -0.25) is 4.79 Å². The van der Waals surface area contributed by atoms with Gasteiger partial charge in [0.1, 0.15) is 0 Å². The number of carbonyl (C=O) groups is 1. The van der Waals surface area contributed by atoms with E-state index in [0.29, 0.717) is 18.9 Å². The molecule has 0 spiro atoms. The molecule has 0 saturated heterocycles. The molecule has 0 heterocycles. The van der Waals surface area contributed by atoms with Crippen molar-refractivity contribution in [1.82, 2.24) is 0 Å². The predicted molar refractivity (Wildman–Crippen MR) is 253 cm³/mol. The number of carbonyl (C=O) groups excluding carboxylic acids is 1. The fourth-order valence-electron chi connectivity index (χ4n) is 8.54. The largest absolute Gasteiger partial charge is 0.465 e. The van der Waals surface area contributed by atoms with Crippen LogP contribution in [-0.4, -0.2) is 12.6 Å². The van der Waals surface area contributed by atoms with E-state index in [4.69, 9.17) is 4.74 Å². The van der Waals surface area contributed by atoms with E-state index in [1.54, 1.807) is 0 Å². The quantitative estimate of drug-likeness (QED) is 0.0349.